The maximum Gasteiger partial charge on any atom is 3.00 e. The standard InChI is InChI=1S/C106H102N3.Ir/c1-104-56-13-20-98(104)96-50-47-88-66-82(54-59-106(88,3)100(96)55-57-104)71-27-29-72(30-28-71)83-45-52-103(109-68-83)79-41-35-76(36-42-79)94-48-43-80(69-23-25-70(26-24-69)81-53-58-105(2)87(65-81)46-49-95-91-19-12-14-73(91)44-51-99(95)105)67-97(94)86-63-84(92-17-6-4-15-89(92)74-31-37-77(38-32-74)101-21-8-10-60-107-101)62-85(64-86)93-18-7-5-16-90(93)75-33-39-78(40-34-75)102-22-9-11-61-108-102;/h4-11,15-18,21-37,39,41,43,45,48,52,60-64,67-68,73,81-82,87-88,91,95-96,98-100H,12-14,19-20,44,46-47,49-51,53-59,65-66H2,1-3H3;/q-3;+3/t73-,81?,82?,87-,88-,91+,95-,96-,98+,99-,100-,104-,105-,106-;/m1./s1. The summed E-state index contributed by atoms with van der Waals surface area (Å²) in [5, 5.41) is 0. The smallest absolute Gasteiger partial charge is 0.305 e. The number of aromatic nitrogens is 3. The van der Waals surface area contributed by atoms with Gasteiger partial charge in [-0.3, -0.25) is 0 Å². The van der Waals surface area contributed by atoms with Gasteiger partial charge < -0.3 is 15.0 Å². The van der Waals surface area contributed by atoms with Gasteiger partial charge in [-0.15, -0.1) is 89.5 Å². The van der Waals surface area contributed by atoms with Crippen LogP contribution in [0.5, 0.6) is 0 Å². The average Bonchev–Trinajstić information content (AvgIpc) is 1.27. The van der Waals surface area contributed by atoms with E-state index in [1.807, 2.05) is 36.7 Å². The second-order valence-corrected chi connectivity index (χ2v) is 35.9. The molecule has 0 saturated heterocycles. The Morgan fingerprint density at radius 1 is 0.309 bits per heavy atom. The molecule has 110 heavy (non-hydrogen) atoms. The van der Waals surface area contributed by atoms with Crippen LogP contribution in [0.2, 0.25) is 0 Å². The van der Waals surface area contributed by atoms with Gasteiger partial charge in [0.2, 0.25) is 0 Å². The largest absolute Gasteiger partial charge is 3.00 e. The zero-order valence-corrected chi connectivity index (χ0v) is 66.8. The Bertz CT molecular complexity index is 5120. The quantitative estimate of drug-likeness (QED) is 0.108. The van der Waals surface area contributed by atoms with Crippen molar-refractivity contribution in [2.45, 2.75) is 161 Å². The van der Waals surface area contributed by atoms with Crippen LogP contribution >= 0.6 is 0 Å². The Morgan fingerprint density at radius 3 is 1.30 bits per heavy atom. The minimum Gasteiger partial charge on any atom is -0.305 e. The van der Waals surface area contributed by atoms with Crippen molar-refractivity contribution in [3.8, 4) is 123 Å². The minimum absolute atomic E-state index is 0. The zero-order valence-electron chi connectivity index (χ0n) is 64.4. The molecule has 0 amide bonds. The van der Waals surface area contributed by atoms with Crippen LogP contribution in [0.1, 0.15) is 172 Å². The van der Waals surface area contributed by atoms with Gasteiger partial charge in [0.05, 0.1) is 0 Å². The summed E-state index contributed by atoms with van der Waals surface area (Å²) in [6, 6.07) is 99.1. The van der Waals surface area contributed by atoms with Crippen molar-refractivity contribution in [2.75, 3.05) is 0 Å². The van der Waals surface area contributed by atoms with Crippen molar-refractivity contribution in [3.05, 3.63) is 285 Å². The maximum atomic E-state index is 5.17. The molecule has 9 aromatic carbocycles. The molecule has 0 radical (unpaired) electrons. The Labute approximate surface area is 668 Å². The molecule has 0 bridgehead atoms. The third-order valence-corrected chi connectivity index (χ3v) is 30.8. The summed E-state index contributed by atoms with van der Waals surface area (Å²) in [5.74, 6) is 9.82. The second kappa shape index (κ2) is 29.6. The SMILES string of the molecule is C[C@]12CCC[C@H]1[C@H]1CC[C@@H]3CC(c4ccc(-c5ccc(-c6[c-]cc(-c7ccc(-c8ccc(C9CC[C@]%10(C)[C@H](CC[C@@H]%11[C@H]%12CCC[C@@H]%12CC[C@H]%11%10)C9)cc8)cc7-c7cc(-c8ccccc8-c8c[c-]c(-c9ccccn9)cc8)cc(-c8ccccc8-c8c[c-]c(-c9ccccn9)cc8)c7)cc6)nc5)cc4)CC[C@@]3(C)[C@@H]1CC2.[Ir+3]. The van der Waals surface area contributed by atoms with Gasteiger partial charge in [-0.2, -0.15) is 0 Å². The Kier molecular flexibility index (Phi) is 19.2. The molecule has 3 heterocycles. The first-order valence-corrected chi connectivity index (χ1v) is 42.1. The molecule has 0 aliphatic heterocycles. The van der Waals surface area contributed by atoms with E-state index >= 15 is 0 Å². The fourth-order valence-electron chi connectivity index (χ4n) is 24.9. The molecule has 8 aliphatic carbocycles. The molecule has 14 atom stereocenters. The molecule has 550 valence electrons. The van der Waals surface area contributed by atoms with Crippen molar-refractivity contribution in [3.63, 3.8) is 0 Å². The topological polar surface area (TPSA) is 38.7 Å². The van der Waals surface area contributed by atoms with Crippen LogP contribution < -0.4 is 0 Å². The predicted molar refractivity (Wildman–Crippen MR) is 450 cm³/mol. The molecule has 3 nitrogen and oxygen atoms in total. The van der Waals surface area contributed by atoms with Crippen molar-refractivity contribution in [1.82, 2.24) is 15.0 Å². The maximum absolute atomic E-state index is 5.17. The molecule has 12 aromatic rings. The summed E-state index contributed by atoms with van der Waals surface area (Å²) >= 11 is 0. The van der Waals surface area contributed by atoms with Gasteiger partial charge >= 0.3 is 20.1 Å². The van der Waals surface area contributed by atoms with E-state index in [9.17, 15) is 0 Å². The van der Waals surface area contributed by atoms with Gasteiger partial charge in [0, 0.05) is 18.6 Å². The Hall–Kier alpha value is -8.92. The van der Waals surface area contributed by atoms with Crippen LogP contribution in [0.15, 0.2) is 255 Å². The van der Waals surface area contributed by atoms with Crippen LogP contribution in [0, 0.1) is 87.7 Å². The number of rotatable bonds is 13. The van der Waals surface area contributed by atoms with E-state index in [-0.39, 0.29) is 20.1 Å². The van der Waals surface area contributed by atoms with Crippen LogP contribution in [-0.2, 0) is 20.1 Å². The van der Waals surface area contributed by atoms with Gasteiger partial charge in [0.15, 0.2) is 0 Å². The molecular weight excluding hydrogens is 1510 g/mol. The van der Waals surface area contributed by atoms with E-state index < -0.39 is 0 Å². The van der Waals surface area contributed by atoms with Gasteiger partial charge in [-0.05, 0) is 311 Å². The Morgan fingerprint density at radius 2 is 0.782 bits per heavy atom. The van der Waals surface area contributed by atoms with E-state index in [2.05, 4.69) is 267 Å². The van der Waals surface area contributed by atoms with Gasteiger partial charge in [-0.1, -0.05) is 219 Å². The molecule has 0 spiro atoms. The van der Waals surface area contributed by atoms with Crippen LogP contribution in [0.25, 0.3) is 123 Å². The summed E-state index contributed by atoms with van der Waals surface area (Å²) in [4.78, 5) is 14.5. The van der Waals surface area contributed by atoms with Crippen LogP contribution in [0.3, 0.4) is 0 Å². The number of pyridine rings is 3. The summed E-state index contributed by atoms with van der Waals surface area (Å²) in [6.07, 6.45) is 34.6. The van der Waals surface area contributed by atoms with Crippen molar-refractivity contribution >= 4 is 0 Å². The second-order valence-electron chi connectivity index (χ2n) is 35.9. The van der Waals surface area contributed by atoms with Crippen LogP contribution in [-0.4, -0.2) is 15.0 Å². The van der Waals surface area contributed by atoms with E-state index in [0.717, 1.165) is 159 Å². The van der Waals surface area contributed by atoms with Crippen molar-refractivity contribution in [2.24, 2.45) is 69.5 Å². The first kappa shape index (κ1) is 71.4. The first-order valence-electron chi connectivity index (χ1n) is 42.1. The summed E-state index contributed by atoms with van der Waals surface area (Å²) < 4.78 is 0. The molecule has 20 rings (SSSR count). The molecule has 3 aromatic heterocycles. The van der Waals surface area contributed by atoms with Gasteiger partial charge in [0.25, 0.3) is 0 Å². The fourth-order valence-corrected chi connectivity index (χ4v) is 24.9. The molecular formula is C106H102IrN3. The number of nitrogens with zero attached hydrogens (tertiary/aromatic N) is 3. The molecule has 8 fully saturated rings. The first-order chi connectivity index (χ1) is 53.5. The third-order valence-electron chi connectivity index (χ3n) is 30.8. The zero-order chi connectivity index (χ0) is 72.8. The van der Waals surface area contributed by atoms with E-state index in [4.69, 9.17) is 4.98 Å². The molecule has 4 heteroatoms. The normalized spacial score (nSPS) is 27.9. The number of benzene rings is 9. The van der Waals surface area contributed by atoms with Gasteiger partial charge in [-0.25, -0.2) is 0 Å². The predicted octanol–water partition coefficient (Wildman–Crippen LogP) is 28.2. The molecule has 8 aliphatic rings. The average molecular weight is 1610 g/mol. The van der Waals surface area contributed by atoms with E-state index in [1.54, 1.807) is 0 Å². The van der Waals surface area contributed by atoms with E-state index in [1.165, 1.54) is 156 Å². The molecule has 2 unspecified atom stereocenters. The van der Waals surface area contributed by atoms with Crippen LogP contribution in [0.4, 0.5) is 0 Å². The summed E-state index contributed by atoms with van der Waals surface area (Å²) in [7, 11) is 0. The van der Waals surface area contributed by atoms with E-state index in [0.29, 0.717) is 28.1 Å². The van der Waals surface area contributed by atoms with Crippen molar-refractivity contribution < 1.29 is 20.1 Å². The summed E-state index contributed by atoms with van der Waals surface area (Å²) in [5.41, 5.74) is 28.8. The van der Waals surface area contributed by atoms with Crippen molar-refractivity contribution in [1.29, 1.82) is 0 Å². The Balaban J connectivity index is 0.00000819. The number of fused-ring (bicyclic) bond motifs is 10. The molecule has 8 saturated carbocycles. The third kappa shape index (κ3) is 13.1. The van der Waals surface area contributed by atoms with Gasteiger partial charge in [0.1, 0.15) is 0 Å². The number of hydrogen-bond acceptors (Lipinski definition) is 3. The minimum atomic E-state index is 0. The monoisotopic (exact) mass is 1610 g/mol. The fraction of sp³-hybridized carbons (Fsp3) is 0.349. The number of hydrogen-bond donors (Lipinski definition) is 0. The summed E-state index contributed by atoms with van der Waals surface area (Å²) in [6.45, 7) is 8.14. The molecule has 0 N–H and O–H groups in total.